The molecule has 1 fully saturated rings. The highest BCUT2D eigenvalue weighted by atomic mass is 32.2. The quantitative estimate of drug-likeness (QED) is 0.575. The Labute approximate surface area is 198 Å². The molecular formula is C25H26FN3O4S. The summed E-state index contributed by atoms with van der Waals surface area (Å²) in [5.41, 5.74) is 1.79. The Kier molecular flexibility index (Phi) is 6.74. The summed E-state index contributed by atoms with van der Waals surface area (Å²) in [6.07, 6.45) is 0. The Hall–Kier alpha value is -3.59. The normalized spacial score (nSPS) is 14.1. The van der Waals surface area contributed by atoms with Gasteiger partial charge in [-0.3, -0.25) is 9.52 Å². The smallest absolute Gasteiger partial charge is 0.261 e. The fraction of sp³-hybridized carbons (Fsp3) is 0.240. The number of anilines is 2. The molecule has 7 nitrogen and oxygen atoms in total. The molecule has 34 heavy (non-hydrogen) atoms. The van der Waals surface area contributed by atoms with Crippen molar-refractivity contribution in [3.05, 3.63) is 83.7 Å². The van der Waals surface area contributed by atoms with Gasteiger partial charge in [0.25, 0.3) is 15.9 Å². The third kappa shape index (κ3) is 4.84. The van der Waals surface area contributed by atoms with Crippen molar-refractivity contribution >= 4 is 27.3 Å². The summed E-state index contributed by atoms with van der Waals surface area (Å²) < 4.78 is 47.0. The number of hydrogen-bond donors (Lipinski definition) is 1. The standard InChI is InChI=1S/C25H26FN3O4S/c1-18-21(26)6-5-7-22(18)27-34(31,32)20-12-10-19(11-13-20)25(30)29-16-14-28(15-17-29)23-8-3-4-9-24(23)33-2/h3-13,27H,14-17H2,1-2H3. The van der Waals surface area contributed by atoms with Crippen LogP contribution in [0.4, 0.5) is 15.8 Å². The predicted octanol–water partition coefficient (Wildman–Crippen LogP) is 3.91. The topological polar surface area (TPSA) is 79.0 Å². The molecule has 0 radical (unpaired) electrons. The van der Waals surface area contributed by atoms with Gasteiger partial charge in [-0.1, -0.05) is 18.2 Å². The highest BCUT2D eigenvalue weighted by Gasteiger charge is 2.24. The van der Waals surface area contributed by atoms with Gasteiger partial charge in [-0.2, -0.15) is 0 Å². The van der Waals surface area contributed by atoms with E-state index in [2.05, 4.69) is 9.62 Å². The highest BCUT2D eigenvalue weighted by Crippen LogP contribution is 2.28. The zero-order chi connectivity index (χ0) is 24.3. The monoisotopic (exact) mass is 483 g/mol. The van der Waals surface area contributed by atoms with Gasteiger partial charge >= 0.3 is 0 Å². The first-order chi connectivity index (χ1) is 16.3. The third-order valence-corrected chi connectivity index (χ3v) is 7.30. The van der Waals surface area contributed by atoms with Crippen LogP contribution < -0.4 is 14.4 Å². The molecule has 4 rings (SSSR count). The third-order valence-electron chi connectivity index (χ3n) is 5.92. The first-order valence-corrected chi connectivity index (χ1v) is 12.3. The number of carbonyl (C=O) groups excluding carboxylic acids is 1. The highest BCUT2D eigenvalue weighted by molar-refractivity contribution is 7.92. The number of para-hydroxylation sites is 2. The first-order valence-electron chi connectivity index (χ1n) is 10.9. The molecule has 1 heterocycles. The number of nitrogens with zero attached hydrogens (tertiary/aromatic N) is 2. The Morgan fingerprint density at radius 3 is 2.29 bits per heavy atom. The van der Waals surface area contributed by atoms with Crippen molar-refractivity contribution in [1.82, 2.24) is 4.90 Å². The average molecular weight is 484 g/mol. The zero-order valence-electron chi connectivity index (χ0n) is 19.0. The Morgan fingerprint density at radius 1 is 0.941 bits per heavy atom. The van der Waals surface area contributed by atoms with Gasteiger partial charge in [0.2, 0.25) is 0 Å². The predicted molar refractivity (Wildman–Crippen MR) is 129 cm³/mol. The minimum Gasteiger partial charge on any atom is -0.495 e. The van der Waals surface area contributed by atoms with Crippen molar-refractivity contribution in [3.63, 3.8) is 0 Å². The van der Waals surface area contributed by atoms with E-state index < -0.39 is 15.8 Å². The van der Waals surface area contributed by atoms with Gasteiger partial charge < -0.3 is 14.5 Å². The van der Waals surface area contributed by atoms with Crippen LogP contribution in [0.1, 0.15) is 15.9 Å². The molecule has 0 saturated carbocycles. The summed E-state index contributed by atoms with van der Waals surface area (Å²) in [7, 11) is -2.29. The van der Waals surface area contributed by atoms with Crippen LogP contribution in [0.15, 0.2) is 71.6 Å². The molecular weight excluding hydrogens is 457 g/mol. The molecule has 178 valence electrons. The lowest BCUT2D eigenvalue weighted by molar-refractivity contribution is 0.0746. The summed E-state index contributed by atoms with van der Waals surface area (Å²) in [5.74, 6) is 0.144. The van der Waals surface area contributed by atoms with E-state index in [1.165, 1.54) is 49.4 Å². The number of sulfonamides is 1. The molecule has 3 aromatic carbocycles. The molecule has 1 saturated heterocycles. The second-order valence-corrected chi connectivity index (χ2v) is 9.68. The van der Waals surface area contributed by atoms with Crippen LogP contribution in [0.3, 0.4) is 0 Å². The van der Waals surface area contributed by atoms with Crippen LogP contribution in [0.5, 0.6) is 5.75 Å². The summed E-state index contributed by atoms with van der Waals surface area (Å²) in [4.78, 5) is 16.9. The van der Waals surface area contributed by atoms with Gasteiger partial charge in [0.15, 0.2) is 0 Å². The maximum atomic E-state index is 13.7. The minimum atomic E-state index is -3.92. The molecule has 0 aliphatic carbocycles. The Bertz CT molecular complexity index is 1290. The van der Waals surface area contributed by atoms with E-state index in [0.717, 1.165) is 11.4 Å². The molecule has 9 heteroatoms. The average Bonchev–Trinajstić information content (AvgIpc) is 2.86. The van der Waals surface area contributed by atoms with Crippen molar-refractivity contribution in [3.8, 4) is 5.75 Å². The maximum absolute atomic E-state index is 13.7. The van der Waals surface area contributed by atoms with E-state index in [4.69, 9.17) is 4.74 Å². The molecule has 1 N–H and O–H groups in total. The van der Waals surface area contributed by atoms with E-state index >= 15 is 0 Å². The fourth-order valence-corrected chi connectivity index (χ4v) is 5.05. The number of carbonyl (C=O) groups is 1. The number of ether oxygens (including phenoxy) is 1. The largest absolute Gasteiger partial charge is 0.495 e. The van der Waals surface area contributed by atoms with E-state index in [-0.39, 0.29) is 22.1 Å². The van der Waals surface area contributed by atoms with E-state index in [9.17, 15) is 17.6 Å². The van der Waals surface area contributed by atoms with Crippen LogP contribution >= 0.6 is 0 Å². The van der Waals surface area contributed by atoms with Crippen LogP contribution in [-0.4, -0.2) is 52.5 Å². The second kappa shape index (κ2) is 9.72. The fourth-order valence-electron chi connectivity index (χ4n) is 3.92. The molecule has 1 amide bonds. The molecule has 1 aliphatic rings. The number of nitrogens with one attached hydrogen (secondary N) is 1. The van der Waals surface area contributed by atoms with E-state index in [0.29, 0.717) is 31.7 Å². The number of methoxy groups -OCH3 is 1. The van der Waals surface area contributed by atoms with Crippen molar-refractivity contribution in [1.29, 1.82) is 0 Å². The van der Waals surface area contributed by atoms with Gasteiger partial charge in [-0.25, -0.2) is 12.8 Å². The summed E-state index contributed by atoms with van der Waals surface area (Å²) in [6.45, 7) is 3.90. The summed E-state index contributed by atoms with van der Waals surface area (Å²) in [5, 5.41) is 0. The van der Waals surface area contributed by atoms with Crippen LogP contribution in [0.2, 0.25) is 0 Å². The minimum absolute atomic E-state index is 0.00583. The zero-order valence-corrected chi connectivity index (χ0v) is 19.8. The van der Waals surface area contributed by atoms with Crippen molar-refractivity contribution in [2.75, 3.05) is 42.9 Å². The number of halogens is 1. The van der Waals surface area contributed by atoms with E-state index in [1.807, 2.05) is 24.3 Å². The molecule has 0 bridgehead atoms. The van der Waals surface area contributed by atoms with Crippen LogP contribution in [0, 0.1) is 12.7 Å². The SMILES string of the molecule is COc1ccccc1N1CCN(C(=O)c2ccc(S(=O)(=O)Nc3cccc(F)c3C)cc2)CC1. The Balaban J connectivity index is 1.42. The van der Waals surface area contributed by atoms with Gasteiger partial charge in [0.1, 0.15) is 11.6 Å². The van der Waals surface area contributed by atoms with Crippen molar-refractivity contribution in [2.24, 2.45) is 0 Å². The van der Waals surface area contributed by atoms with Crippen molar-refractivity contribution < 1.29 is 22.3 Å². The van der Waals surface area contributed by atoms with Gasteiger partial charge in [-0.05, 0) is 55.5 Å². The van der Waals surface area contributed by atoms with Gasteiger partial charge in [0, 0.05) is 37.3 Å². The van der Waals surface area contributed by atoms with Gasteiger partial charge in [0.05, 0.1) is 23.4 Å². The molecule has 3 aromatic rings. The van der Waals surface area contributed by atoms with Crippen LogP contribution in [-0.2, 0) is 10.0 Å². The van der Waals surface area contributed by atoms with Crippen molar-refractivity contribution in [2.45, 2.75) is 11.8 Å². The lowest BCUT2D eigenvalue weighted by atomic mass is 10.1. The molecule has 0 spiro atoms. The van der Waals surface area contributed by atoms with Gasteiger partial charge in [-0.15, -0.1) is 0 Å². The molecule has 0 aromatic heterocycles. The number of benzene rings is 3. The number of hydrogen-bond acceptors (Lipinski definition) is 5. The molecule has 0 unspecified atom stereocenters. The molecule has 0 atom stereocenters. The maximum Gasteiger partial charge on any atom is 0.261 e. The molecule has 1 aliphatic heterocycles. The number of rotatable bonds is 6. The summed E-state index contributed by atoms with van der Waals surface area (Å²) >= 11 is 0. The second-order valence-electron chi connectivity index (χ2n) is 7.99. The number of piperazine rings is 1. The lowest BCUT2D eigenvalue weighted by Crippen LogP contribution is -2.48. The number of amides is 1. The van der Waals surface area contributed by atoms with E-state index in [1.54, 1.807) is 12.0 Å². The summed E-state index contributed by atoms with van der Waals surface area (Å²) in [6, 6.07) is 17.8. The Morgan fingerprint density at radius 2 is 1.62 bits per heavy atom. The lowest BCUT2D eigenvalue weighted by Gasteiger charge is -2.36. The van der Waals surface area contributed by atoms with Crippen LogP contribution in [0.25, 0.3) is 0 Å². The first kappa shape index (κ1) is 23.6.